The van der Waals surface area contributed by atoms with Gasteiger partial charge in [0.05, 0.1) is 17.7 Å². The molecule has 20 heavy (non-hydrogen) atoms. The van der Waals surface area contributed by atoms with E-state index in [1.165, 1.54) is 0 Å². The monoisotopic (exact) mass is 392 g/mol. The minimum atomic E-state index is -4.24. The maximum Gasteiger partial charge on any atom is 0.441 e. The summed E-state index contributed by atoms with van der Waals surface area (Å²) < 4.78 is 47.5. The highest BCUT2D eigenvalue weighted by Crippen LogP contribution is 2.38. The minimum Gasteiger partial charge on any atom is -0.490 e. The van der Waals surface area contributed by atoms with E-state index in [2.05, 4.69) is 15.9 Å². The van der Waals surface area contributed by atoms with Crippen LogP contribution in [0, 0.1) is 0 Å². The molecule has 0 heterocycles. The molecular weight excluding hydrogens is 381 g/mol. The van der Waals surface area contributed by atoms with Crippen LogP contribution in [0.15, 0.2) is 16.6 Å². The molecule has 0 bridgehead atoms. The van der Waals surface area contributed by atoms with Gasteiger partial charge in [0.1, 0.15) is 0 Å². The second kappa shape index (κ2) is 8.24. The van der Waals surface area contributed by atoms with Crippen LogP contribution in [0.2, 0.25) is 0 Å². The van der Waals surface area contributed by atoms with E-state index in [0.717, 1.165) is 5.56 Å². The normalized spacial score (nSPS) is 11.5. The van der Waals surface area contributed by atoms with Gasteiger partial charge < -0.3 is 9.47 Å². The zero-order valence-corrected chi connectivity index (χ0v) is 13.8. The van der Waals surface area contributed by atoms with Crippen LogP contribution in [0.3, 0.4) is 0 Å². The number of benzene rings is 1. The first-order valence-electron chi connectivity index (χ1n) is 5.72. The number of alkyl halides is 4. The fraction of sp³-hybridized carbons (Fsp3) is 0.500. The molecule has 114 valence electrons. The molecule has 1 aromatic carbocycles. The molecule has 0 saturated heterocycles. The molecule has 0 aromatic heterocycles. The van der Waals surface area contributed by atoms with Gasteiger partial charge in [-0.15, -0.1) is 11.6 Å². The Hall–Kier alpha value is -0.270. The Labute approximate surface area is 133 Å². The van der Waals surface area contributed by atoms with Gasteiger partial charge in [-0.3, -0.25) is 0 Å². The molecule has 0 fully saturated rings. The number of rotatable bonds is 7. The topological polar surface area (TPSA) is 18.5 Å². The molecule has 1 rings (SSSR count). The molecule has 2 nitrogen and oxygen atoms in total. The SMILES string of the molecule is CCOc1cc(CCl)cc(Br)c1OCCSC(F)(F)F. The van der Waals surface area contributed by atoms with E-state index in [1.54, 1.807) is 12.1 Å². The van der Waals surface area contributed by atoms with Crippen molar-refractivity contribution < 1.29 is 22.6 Å². The van der Waals surface area contributed by atoms with Gasteiger partial charge in [-0.05, 0) is 52.3 Å². The zero-order valence-electron chi connectivity index (χ0n) is 10.6. The quantitative estimate of drug-likeness (QED) is 0.467. The summed E-state index contributed by atoms with van der Waals surface area (Å²) in [5.41, 5.74) is -3.41. The van der Waals surface area contributed by atoms with Gasteiger partial charge in [-0.2, -0.15) is 13.2 Å². The number of hydrogen-bond donors (Lipinski definition) is 0. The Morgan fingerprint density at radius 2 is 2.00 bits per heavy atom. The molecule has 0 radical (unpaired) electrons. The standard InChI is InChI=1S/C12H13BrClF3O2S/c1-2-18-10-6-8(7-14)5-9(13)11(10)19-3-4-20-12(15,16)17/h5-6H,2-4,7H2,1H3. The van der Waals surface area contributed by atoms with Gasteiger partial charge >= 0.3 is 5.51 Å². The second-order valence-corrected chi connectivity index (χ2v) is 5.90. The van der Waals surface area contributed by atoms with Crippen LogP contribution >= 0.6 is 39.3 Å². The Morgan fingerprint density at radius 3 is 2.55 bits per heavy atom. The van der Waals surface area contributed by atoms with Crippen molar-refractivity contribution in [2.75, 3.05) is 19.0 Å². The van der Waals surface area contributed by atoms with Crippen molar-refractivity contribution in [2.45, 2.75) is 18.3 Å². The summed E-state index contributed by atoms with van der Waals surface area (Å²) in [6, 6.07) is 3.47. The van der Waals surface area contributed by atoms with Gasteiger partial charge in [0.2, 0.25) is 0 Å². The van der Waals surface area contributed by atoms with Gasteiger partial charge in [0.25, 0.3) is 0 Å². The molecule has 0 aliphatic heterocycles. The molecule has 0 saturated carbocycles. The molecule has 0 unspecified atom stereocenters. The molecule has 0 aliphatic rings. The van der Waals surface area contributed by atoms with Gasteiger partial charge in [0.15, 0.2) is 11.5 Å². The third kappa shape index (κ3) is 6.01. The lowest BCUT2D eigenvalue weighted by molar-refractivity contribution is -0.0329. The molecule has 0 spiro atoms. The summed E-state index contributed by atoms with van der Waals surface area (Å²) in [6.07, 6.45) is 0. The largest absolute Gasteiger partial charge is 0.490 e. The van der Waals surface area contributed by atoms with Crippen LogP contribution < -0.4 is 9.47 Å². The number of ether oxygens (including phenoxy) is 2. The highest BCUT2D eigenvalue weighted by atomic mass is 79.9. The van der Waals surface area contributed by atoms with Crippen LogP contribution in [0.5, 0.6) is 11.5 Å². The Bertz CT molecular complexity index is 443. The van der Waals surface area contributed by atoms with Gasteiger partial charge in [-0.25, -0.2) is 0 Å². The van der Waals surface area contributed by atoms with E-state index in [1.807, 2.05) is 6.92 Å². The van der Waals surface area contributed by atoms with Crippen LogP contribution in [0.25, 0.3) is 0 Å². The third-order valence-corrected chi connectivity index (χ3v) is 3.71. The van der Waals surface area contributed by atoms with Gasteiger partial charge in [0, 0.05) is 11.6 Å². The molecule has 0 aliphatic carbocycles. The van der Waals surface area contributed by atoms with E-state index in [-0.39, 0.29) is 24.1 Å². The van der Waals surface area contributed by atoms with E-state index >= 15 is 0 Å². The van der Waals surface area contributed by atoms with Crippen molar-refractivity contribution in [2.24, 2.45) is 0 Å². The minimum absolute atomic E-state index is 0.0664. The van der Waals surface area contributed by atoms with Crippen molar-refractivity contribution in [3.05, 3.63) is 22.2 Å². The first-order chi connectivity index (χ1) is 9.37. The lowest BCUT2D eigenvalue weighted by Gasteiger charge is -2.15. The predicted octanol–water partition coefficient (Wildman–Crippen LogP) is 5.22. The number of halogens is 5. The van der Waals surface area contributed by atoms with E-state index in [9.17, 15) is 13.2 Å². The molecule has 0 atom stereocenters. The Morgan fingerprint density at radius 1 is 1.30 bits per heavy atom. The maximum absolute atomic E-state index is 12.0. The smallest absolute Gasteiger partial charge is 0.441 e. The first-order valence-corrected chi connectivity index (χ1v) is 8.03. The van der Waals surface area contributed by atoms with E-state index < -0.39 is 5.51 Å². The zero-order chi connectivity index (χ0) is 15.2. The summed E-state index contributed by atoms with van der Waals surface area (Å²) in [7, 11) is 0. The summed E-state index contributed by atoms with van der Waals surface area (Å²) in [5, 5.41) is 0. The highest BCUT2D eigenvalue weighted by Gasteiger charge is 2.27. The van der Waals surface area contributed by atoms with E-state index in [0.29, 0.717) is 28.5 Å². The van der Waals surface area contributed by atoms with Crippen LogP contribution in [-0.4, -0.2) is 24.5 Å². The third-order valence-electron chi connectivity index (χ3n) is 2.12. The molecule has 1 aromatic rings. The Balaban J connectivity index is 2.72. The highest BCUT2D eigenvalue weighted by molar-refractivity contribution is 9.10. The van der Waals surface area contributed by atoms with Crippen molar-refractivity contribution in [1.82, 2.24) is 0 Å². The number of thioether (sulfide) groups is 1. The fourth-order valence-electron chi connectivity index (χ4n) is 1.40. The molecular formula is C12H13BrClF3O2S. The summed E-state index contributed by atoms with van der Waals surface area (Å²) in [6.45, 7) is 2.17. The lowest BCUT2D eigenvalue weighted by atomic mass is 10.2. The molecule has 0 N–H and O–H groups in total. The van der Waals surface area contributed by atoms with Crippen LogP contribution in [0.4, 0.5) is 13.2 Å². The second-order valence-electron chi connectivity index (χ2n) is 3.61. The number of hydrogen-bond acceptors (Lipinski definition) is 3. The van der Waals surface area contributed by atoms with Crippen molar-refractivity contribution in [3.63, 3.8) is 0 Å². The van der Waals surface area contributed by atoms with Gasteiger partial charge in [-0.1, -0.05) is 0 Å². The average Bonchev–Trinajstić information content (AvgIpc) is 2.35. The summed E-state index contributed by atoms with van der Waals surface area (Å²) >= 11 is 8.95. The van der Waals surface area contributed by atoms with E-state index in [4.69, 9.17) is 21.1 Å². The first kappa shape index (κ1) is 17.8. The van der Waals surface area contributed by atoms with Crippen molar-refractivity contribution >= 4 is 39.3 Å². The summed E-state index contributed by atoms with van der Waals surface area (Å²) in [5.74, 6) is 0.986. The van der Waals surface area contributed by atoms with Crippen molar-refractivity contribution in [1.29, 1.82) is 0 Å². The fourth-order valence-corrected chi connectivity index (χ4v) is 2.56. The molecule has 0 amide bonds. The summed E-state index contributed by atoms with van der Waals surface area (Å²) in [4.78, 5) is 0. The lowest BCUT2D eigenvalue weighted by Crippen LogP contribution is -2.08. The van der Waals surface area contributed by atoms with Crippen LogP contribution in [-0.2, 0) is 5.88 Å². The van der Waals surface area contributed by atoms with Crippen LogP contribution in [0.1, 0.15) is 12.5 Å². The Kier molecular flexibility index (Phi) is 7.33. The molecule has 8 heteroatoms. The predicted molar refractivity (Wildman–Crippen MR) is 78.9 cm³/mol. The average molecular weight is 394 g/mol. The maximum atomic E-state index is 12.0. The van der Waals surface area contributed by atoms with Crippen molar-refractivity contribution in [3.8, 4) is 11.5 Å².